The van der Waals surface area contributed by atoms with Crippen LogP contribution >= 0.6 is 0 Å². The zero-order valence-corrected chi connectivity index (χ0v) is 15.7. The van der Waals surface area contributed by atoms with Crippen molar-refractivity contribution in [3.8, 4) is 5.75 Å². The standard InChI is InChI=1S/C22H23NO4/c1-4-18(24)19-20(15-9-7-11-17(13-15)27-5-2)23(22(26)21(19)25)16-10-6-8-14(3)12-16/h6-13,20,25H,4-5H2,1-3H3. The molecule has 1 N–H and O–H groups in total. The number of aliphatic hydroxyl groups excluding tert-OH is 1. The molecule has 1 unspecified atom stereocenters. The Bertz CT molecular complexity index is 916. The van der Waals surface area contributed by atoms with Crippen LogP contribution in [0.15, 0.2) is 59.9 Å². The van der Waals surface area contributed by atoms with Gasteiger partial charge in [0, 0.05) is 12.1 Å². The van der Waals surface area contributed by atoms with Crippen molar-refractivity contribution in [3.05, 3.63) is 71.0 Å². The van der Waals surface area contributed by atoms with Crippen molar-refractivity contribution in [3.63, 3.8) is 0 Å². The van der Waals surface area contributed by atoms with Gasteiger partial charge in [0.05, 0.1) is 18.2 Å². The fourth-order valence-electron chi connectivity index (χ4n) is 3.38. The minimum absolute atomic E-state index is 0.137. The Hall–Kier alpha value is -3.08. The van der Waals surface area contributed by atoms with Gasteiger partial charge >= 0.3 is 0 Å². The number of ether oxygens (including phenoxy) is 1. The summed E-state index contributed by atoms with van der Waals surface area (Å²) in [6.45, 7) is 6.05. The highest BCUT2D eigenvalue weighted by Gasteiger charge is 2.43. The minimum Gasteiger partial charge on any atom is -0.503 e. The van der Waals surface area contributed by atoms with Crippen LogP contribution in [0.2, 0.25) is 0 Å². The molecule has 0 saturated carbocycles. The SMILES string of the molecule is CCOc1cccc(C2C(C(=O)CC)=C(O)C(=O)N2c2cccc(C)c2)c1. The molecule has 140 valence electrons. The molecule has 1 aliphatic rings. The second-order valence-corrected chi connectivity index (χ2v) is 6.46. The summed E-state index contributed by atoms with van der Waals surface area (Å²) in [5, 5.41) is 10.5. The third-order valence-corrected chi connectivity index (χ3v) is 4.59. The Morgan fingerprint density at radius 1 is 1.15 bits per heavy atom. The van der Waals surface area contributed by atoms with E-state index in [1.807, 2.05) is 56.3 Å². The van der Waals surface area contributed by atoms with Crippen molar-refractivity contribution in [2.45, 2.75) is 33.2 Å². The zero-order valence-electron chi connectivity index (χ0n) is 15.7. The maximum Gasteiger partial charge on any atom is 0.294 e. The van der Waals surface area contributed by atoms with Gasteiger partial charge in [-0.25, -0.2) is 0 Å². The van der Waals surface area contributed by atoms with Crippen LogP contribution in [0.25, 0.3) is 0 Å². The fraction of sp³-hybridized carbons (Fsp3) is 0.273. The van der Waals surface area contributed by atoms with Crippen LogP contribution in [0.1, 0.15) is 37.4 Å². The Labute approximate surface area is 158 Å². The van der Waals surface area contributed by atoms with Gasteiger partial charge in [0.1, 0.15) is 5.75 Å². The molecule has 1 atom stereocenters. The molecule has 1 amide bonds. The molecule has 0 aromatic heterocycles. The number of hydrogen-bond acceptors (Lipinski definition) is 4. The van der Waals surface area contributed by atoms with E-state index >= 15 is 0 Å². The Morgan fingerprint density at radius 3 is 2.56 bits per heavy atom. The number of carbonyl (C=O) groups excluding carboxylic acids is 2. The van der Waals surface area contributed by atoms with E-state index in [0.717, 1.165) is 11.1 Å². The number of rotatable bonds is 6. The lowest BCUT2D eigenvalue weighted by molar-refractivity contribution is -0.118. The van der Waals surface area contributed by atoms with Crippen LogP contribution in [0.3, 0.4) is 0 Å². The molecule has 2 aromatic rings. The van der Waals surface area contributed by atoms with Crippen molar-refractivity contribution in [1.29, 1.82) is 0 Å². The van der Waals surface area contributed by atoms with Crippen LogP contribution in [-0.2, 0) is 9.59 Å². The van der Waals surface area contributed by atoms with E-state index in [9.17, 15) is 14.7 Å². The molecule has 2 aromatic carbocycles. The Morgan fingerprint density at radius 2 is 1.89 bits per heavy atom. The van der Waals surface area contributed by atoms with Gasteiger partial charge in [0.2, 0.25) is 0 Å². The van der Waals surface area contributed by atoms with Gasteiger partial charge in [0.15, 0.2) is 11.5 Å². The zero-order chi connectivity index (χ0) is 19.6. The molecule has 0 bridgehead atoms. The van der Waals surface area contributed by atoms with Gasteiger partial charge in [-0.15, -0.1) is 0 Å². The summed E-state index contributed by atoms with van der Waals surface area (Å²) in [6, 6.07) is 14.1. The van der Waals surface area contributed by atoms with Gasteiger partial charge in [-0.3, -0.25) is 14.5 Å². The Kier molecular flexibility index (Phi) is 5.31. The van der Waals surface area contributed by atoms with Gasteiger partial charge in [0.25, 0.3) is 5.91 Å². The summed E-state index contributed by atoms with van der Waals surface area (Å²) in [5.41, 5.74) is 2.48. The average Bonchev–Trinajstić information content (AvgIpc) is 2.93. The normalized spacial score (nSPS) is 16.8. The molecule has 0 saturated heterocycles. The summed E-state index contributed by atoms with van der Waals surface area (Å²) >= 11 is 0. The van der Waals surface area contributed by atoms with Crippen molar-refractivity contribution in [1.82, 2.24) is 0 Å². The molecule has 27 heavy (non-hydrogen) atoms. The average molecular weight is 365 g/mol. The highest BCUT2D eigenvalue weighted by atomic mass is 16.5. The first-order valence-electron chi connectivity index (χ1n) is 9.07. The highest BCUT2D eigenvalue weighted by Crippen LogP contribution is 2.42. The number of amides is 1. The summed E-state index contributed by atoms with van der Waals surface area (Å²) in [5.74, 6) is -0.636. The molecular formula is C22H23NO4. The third kappa shape index (κ3) is 3.45. The second kappa shape index (κ2) is 7.66. The van der Waals surface area contributed by atoms with Crippen LogP contribution < -0.4 is 9.64 Å². The molecule has 3 rings (SSSR count). The maximum atomic E-state index is 12.9. The molecule has 5 heteroatoms. The summed E-state index contributed by atoms with van der Waals surface area (Å²) in [6.07, 6.45) is 0.204. The van der Waals surface area contributed by atoms with Crippen molar-refractivity contribution in [2.75, 3.05) is 11.5 Å². The second-order valence-electron chi connectivity index (χ2n) is 6.46. The van der Waals surface area contributed by atoms with Gasteiger partial charge in [-0.05, 0) is 49.2 Å². The van der Waals surface area contributed by atoms with Crippen molar-refractivity contribution < 1.29 is 19.4 Å². The number of ketones is 1. The number of carbonyl (C=O) groups is 2. The van der Waals surface area contributed by atoms with Crippen molar-refractivity contribution >= 4 is 17.4 Å². The van der Waals surface area contributed by atoms with E-state index in [-0.39, 0.29) is 17.8 Å². The molecule has 0 aliphatic carbocycles. The van der Waals surface area contributed by atoms with Crippen LogP contribution in [0.4, 0.5) is 5.69 Å². The van der Waals surface area contributed by atoms with E-state index in [2.05, 4.69) is 0 Å². The van der Waals surface area contributed by atoms with Crippen LogP contribution in [0, 0.1) is 6.92 Å². The smallest absolute Gasteiger partial charge is 0.294 e. The van der Waals surface area contributed by atoms with Crippen LogP contribution in [0.5, 0.6) is 5.75 Å². The molecule has 1 heterocycles. The number of nitrogens with zero attached hydrogens (tertiary/aromatic N) is 1. The monoisotopic (exact) mass is 365 g/mol. The summed E-state index contributed by atoms with van der Waals surface area (Å²) in [7, 11) is 0. The highest BCUT2D eigenvalue weighted by molar-refractivity contribution is 6.16. The first-order valence-corrected chi connectivity index (χ1v) is 9.07. The number of aryl methyl sites for hydroxylation is 1. The first kappa shape index (κ1) is 18.7. The molecule has 1 aliphatic heterocycles. The van der Waals surface area contributed by atoms with E-state index in [1.54, 1.807) is 13.0 Å². The molecular weight excluding hydrogens is 342 g/mol. The lowest BCUT2D eigenvalue weighted by atomic mass is 9.94. The quantitative estimate of drug-likeness (QED) is 0.830. The molecule has 0 radical (unpaired) electrons. The maximum absolute atomic E-state index is 12.9. The first-order chi connectivity index (χ1) is 13.0. The fourth-order valence-corrected chi connectivity index (χ4v) is 3.38. The van der Waals surface area contributed by atoms with E-state index < -0.39 is 17.7 Å². The van der Waals surface area contributed by atoms with Gasteiger partial charge < -0.3 is 9.84 Å². The van der Waals surface area contributed by atoms with Crippen molar-refractivity contribution in [2.24, 2.45) is 0 Å². The van der Waals surface area contributed by atoms with E-state index in [4.69, 9.17) is 4.74 Å². The van der Waals surface area contributed by atoms with E-state index in [0.29, 0.717) is 18.0 Å². The third-order valence-electron chi connectivity index (χ3n) is 4.59. The molecule has 5 nitrogen and oxygen atoms in total. The molecule has 0 spiro atoms. The van der Waals surface area contributed by atoms with Gasteiger partial charge in [-0.2, -0.15) is 0 Å². The topological polar surface area (TPSA) is 66.8 Å². The number of hydrogen-bond donors (Lipinski definition) is 1. The predicted molar refractivity (Wildman–Crippen MR) is 104 cm³/mol. The van der Waals surface area contributed by atoms with Gasteiger partial charge in [-0.1, -0.05) is 31.2 Å². The number of benzene rings is 2. The summed E-state index contributed by atoms with van der Waals surface area (Å²) in [4.78, 5) is 26.9. The van der Waals surface area contributed by atoms with Crippen LogP contribution in [-0.4, -0.2) is 23.4 Å². The number of anilines is 1. The predicted octanol–water partition coefficient (Wildman–Crippen LogP) is 4.27. The van der Waals surface area contributed by atoms with E-state index in [1.165, 1.54) is 4.90 Å². The number of aliphatic hydroxyl groups is 1. The summed E-state index contributed by atoms with van der Waals surface area (Å²) < 4.78 is 5.57. The lowest BCUT2D eigenvalue weighted by Crippen LogP contribution is -2.31. The Balaban J connectivity index is 2.17. The lowest BCUT2D eigenvalue weighted by Gasteiger charge is -2.27. The molecule has 0 fully saturated rings. The number of Topliss-reactive ketones (excluding diaryl/α,β-unsaturated/α-hetero) is 1. The minimum atomic E-state index is -0.688. The largest absolute Gasteiger partial charge is 0.503 e.